The summed E-state index contributed by atoms with van der Waals surface area (Å²) in [6.45, 7) is 3.74. The zero-order chi connectivity index (χ0) is 14.7. The van der Waals surface area contributed by atoms with Gasteiger partial charge in [-0.1, -0.05) is 35.4 Å². The van der Waals surface area contributed by atoms with E-state index in [9.17, 15) is 9.90 Å². The van der Waals surface area contributed by atoms with E-state index in [-0.39, 0.29) is 23.3 Å². The minimum Gasteiger partial charge on any atom is -0.507 e. The van der Waals surface area contributed by atoms with Crippen molar-refractivity contribution in [2.45, 2.75) is 19.9 Å². The lowest BCUT2D eigenvalue weighted by Gasteiger charge is -2.15. The Morgan fingerprint density at radius 3 is 2.70 bits per heavy atom. The predicted octanol–water partition coefficient (Wildman–Crippen LogP) is 3.85. The van der Waals surface area contributed by atoms with Crippen LogP contribution in [0.3, 0.4) is 0 Å². The van der Waals surface area contributed by atoms with Gasteiger partial charge in [-0.15, -0.1) is 0 Å². The van der Waals surface area contributed by atoms with Crippen LogP contribution >= 0.6 is 11.6 Å². The number of hydrogen-bond acceptors (Lipinski definition) is 2. The van der Waals surface area contributed by atoms with E-state index in [4.69, 9.17) is 11.6 Å². The molecule has 0 bridgehead atoms. The van der Waals surface area contributed by atoms with Crippen molar-refractivity contribution >= 4 is 17.5 Å². The van der Waals surface area contributed by atoms with Gasteiger partial charge in [-0.25, -0.2) is 0 Å². The summed E-state index contributed by atoms with van der Waals surface area (Å²) in [6.07, 6.45) is 0. The molecule has 0 heterocycles. The van der Waals surface area contributed by atoms with Crippen LogP contribution in [-0.2, 0) is 0 Å². The average molecular weight is 290 g/mol. The maximum atomic E-state index is 12.2. The van der Waals surface area contributed by atoms with E-state index in [2.05, 4.69) is 5.32 Å². The van der Waals surface area contributed by atoms with Crippen LogP contribution in [0.1, 0.15) is 34.5 Å². The lowest BCUT2D eigenvalue weighted by Crippen LogP contribution is -2.26. The second-order valence-electron chi connectivity index (χ2n) is 4.77. The van der Waals surface area contributed by atoms with Crippen molar-refractivity contribution in [1.82, 2.24) is 5.32 Å². The molecule has 0 unspecified atom stereocenters. The first-order valence-corrected chi connectivity index (χ1v) is 6.71. The van der Waals surface area contributed by atoms with E-state index >= 15 is 0 Å². The molecule has 0 saturated carbocycles. The Labute approximate surface area is 123 Å². The second-order valence-corrected chi connectivity index (χ2v) is 5.21. The zero-order valence-corrected chi connectivity index (χ0v) is 12.1. The third kappa shape index (κ3) is 3.31. The molecular formula is C16H16ClNO2. The van der Waals surface area contributed by atoms with E-state index in [1.165, 1.54) is 6.07 Å². The molecule has 2 aromatic carbocycles. The Bertz CT molecular complexity index is 640. The van der Waals surface area contributed by atoms with Crippen LogP contribution in [0.2, 0.25) is 5.02 Å². The highest BCUT2D eigenvalue weighted by molar-refractivity contribution is 6.30. The molecule has 2 N–H and O–H groups in total. The molecule has 0 aliphatic carbocycles. The van der Waals surface area contributed by atoms with Crippen molar-refractivity contribution in [3.8, 4) is 5.75 Å². The molecule has 0 fully saturated rings. The van der Waals surface area contributed by atoms with Gasteiger partial charge in [-0.2, -0.15) is 0 Å². The summed E-state index contributed by atoms with van der Waals surface area (Å²) >= 11 is 5.94. The third-order valence-electron chi connectivity index (χ3n) is 3.09. The fraction of sp³-hybridized carbons (Fsp3) is 0.188. The van der Waals surface area contributed by atoms with Crippen LogP contribution in [-0.4, -0.2) is 11.0 Å². The van der Waals surface area contributed by atoms with E-state index in [0.29, 0.717) is 5.02 Å². The molecule has 0 aliphatic heterocycles. The normalized spacial score (nSPS) is 11.9. The molecule has 0 aromatic heterocycles. The van der Waals surface area contributed by atoms with Crippen molar-refractivity contribution < 1.29 is 9.90 Å². The van der Waals surface area contributed by atoms with Gasteiger partial charge in [0.25, 0.3) is 5.91 Å². The van der Waals surface area contributed by atoms with Crippen LogP contribution < -0.4 is 5.32 Å². The number of phenolic OH excluding ortho intramolecular Hbond substituents is 1. The quantitative estimate of drug-likeness (QED) is 0.902. The Hall–Kier alpha value is -2.00. The molecule has 2 aromatic rings. The standard InChI is InChI=1S/C16H16ClNO2/c1-10-6-7-15(19)14(8-10)16(20)18-11(2)12-4-3-5-13(17)9-12/h3-9,11,19H,1-2H3,(H,18,20)/t11-/m1/s1. The first-order chi connectivity index (χ1) is 9.47. The topological polar surface area (TPSA) is 49.3 Å². The molecule has 104 valence electrons. The SMILES string of the molecule is Cc1ccc(O)c(C(=O)N[C@H](C)c2cccc(Cl)c2)c1. The highest BCUT2D eigenvalue weighted by atomic mass is 35.5. The van der Waals surface area contributed by atoms with E-state index in [0.717, 1.165) is 11.1 Å². The summed E-state index contributed by atoms with van der Waals surface area (Å²) < 4.78 is 0. The maximum Gasteiger partial charge on any atom is 0.255 e. The summed E-state index contributed by atoms with van der Waals surface area (Å²) in [5.74, 6) is -0.329. The number of aromatic hydroxyl groups is 1. The van der Waals surface area contributed by atoms with Crippen LogP contribution in [0.25, 0.3) is 0 Å². The van der Waals surface area contributed by atoms with Gasteiger partial charge in [-0.3, -0.25) is 4.79 Å². The molecule has 0 spiro atoms. The second kappa shape index (κ2) is 5.97. The lowest BCUT2D eigenvalue weighted by atomic mass is 10.1. The van der Waals surface area contributed by atoms with E-state index in [1.807, 2.05) is 32.0 Å². The molecule has 1 amide bonds. The first kappa shape index (κ1) is 14.4. The molecular weight excluding hydrogens is 274 g/mol. The van der Waals surface area contributed by atoms with Crippen molar-refractivity contribution in [2.75, 3.05) is 0 Å². The number of carbonyl (C=O) groups excluding carboxylic acids is 1. The average Bonchev–Trinajstić information content (AvgIpc) is 2.41. The van der Waals surface area contributed by atoms with Crippen molar-refractivity contribution in [3.05, 3.63) is 64.2 Å². The minimum atomic E-state index is -0.307. The van der Waals surface area contributed by atoms with E-state index < -0.39 is 0 Å². The molecule has 2 rings (SSSR count). The maximum absolute atomic E-state index is 12.2. The van der Waals surface area contributed by atoms with Gasteiger partial charge in [-0.05, 0) is 43.7 Å². The summed E-state index contributed by atoms with van der Waals surface area (Å²) in [4.78, 5) is 12.2. The van der Waals surface area contributed by atoms with Crippen molar-refractivity contribution in [2.24, 2.45) is 0 Å². The Morgan fingerprint density at radius 2 is 2.00 bits per heavy atom. The van der Waals surface area contributed by atoms with Crippen LogP contribution in [0, 0.1) is 6.92 Å². The van der Waals surface area contributed by atoms with Crippen molar-refractivity contribution in [1.29, 1.82) is 0 Å². The van der Waals surface area contributed by atoms with Gasteiger partial charge in [0.05, 0.1) is 11.6 Å². The zero-order valence-electron chi connectivity index (χ0n) is 11.4. The van der Waals surface area contributed by atoms with Gasteiger partial charge in [0, 0.05) is 5.02 Å². The molecule has 3 nitrogen and oxygen atoms in total. The highest BCUT2D eigenvalue weighted by Crippen LogP contribution is 2.21. The minimum absolute atomic E-state index is 0.0219. The first-order valence-electron chi connectivity index (χ1n) is 6.33. The molecule has 1 atom stereocenters. The summed E-state index contributed by atoms with van der Waals surface area (Å²) in [5.41, 5.74) is 2.11. The van der Waals surface area contributed by atoms with Gasteiger partial charge < -0.3 is 10.4 Å². The summed E-state index contributed by atoms with van der Waals surface area (Å²) in [6, 6.07) is 12.1. The molecule has 0 saturated heterocycles. The number of halogens is 1. The van der Waals surface area contributed by atoms with Crippen molar-refractivity contribution in [3.63, 3.8) is 0 Å². The van der Waals surface area contributed by atoms with Gasteiger partial charge in [0.15, 0.2) is 0 Å². The van der Waals surface area contributed by atoms with Gasteiger partial charge in [0.1, 0.15) is 5.75 Å². The lowest BCUT2D eigenvalue weighted by molar-refractivity contribution is 0.0937. The van der Waals surface area contributed by atoms with Gasteiger partial charge >= 0.3 is 0 Å². The molecule has 0 radical (unpaired) electrons. The van der Waals surface area contributed by atoms with Crippen LogP contribution in [0.15, 0.2) is 42.5 Å². The fourth-order valence-corrected chi connectivity index (χ4v) is 2.16. The predicted molar refractivity (Wildman–Crippen MR) is 80.2 cm³/mol. The Morgan fingerprint density at radius 1 is 1.25 bits per heavy atom. The van der Waals surface area contributed by atoms with E-state index in [1.54, 1.807) is 18.2 Å². The highest BCUT2D eigenvalue weighted by Gasteiger charge is 2.15. The van der Waals surface area contributed by atoms with Crippen LogP contribution in [0.4, 0.5) is 0 Å². The smallest absolute Gasteiger partial charge is 0.255 e. The van der Waals surface area contributed by atoms with Gasteiger partial charge in [0.2, 0.25) is 0 Å². The summed E-state index contributed by atoms with van der Waals surface area (Å²) in [5, 5.41) is 13.2. The third-order valence-corrected chi connectivity index (χ3v) is 3.33. The summed E-state index contributed by atoms with van der Waals surface area (Å²) in [7, 11) is 0. The largest absolute Gasteiger partial charge is 0.507 e. The molecule has 4 heteroatoms. The number of rotatable bonds is 3. The number of amides is 1. The molecule has 20 heavy (non-hydrogen) atoms. The number of benzene rings is 2. The number of aryl methyl sites for hydroxylation is 1. The molecule has 0 aliphatic rings. The number of phenols is 1. The monoisotopic (exact) mass is 289 g/mol. The fourth-order valence-electron chi connectivity index (χ4n) is 1.97. The number of carbonyl (C=O) groups is 1. The van der Waals surface area contributed by atoms with Crippen LogP contribution in [0.5, 0.6) is 5.75 Å². The Kier molecular flexibility index (Phi) is 4.30. The number of hydrogen-bond donors (Lipinski definition) is 2. The Balaban J connectivity index is 2.17. The number of nitrogens with one attached hydrogen (secondary N) is 1.